The molecule has 2 heterocycles. The molecule has 0 saturated carbocycles. The minimum absolute atomic E-state index is 0.0256. The first kappa shape index (κ1) is 9.37. The van der Waals surface area contributed by atoms with Crippen molar-refractivity contribution in [2.24, 2.45) is 0 Å². The topological polar surface area (TPSA) is 13.7 Å². The number of ether oxygens (including phenoxy) is 1. The van der Waals surface area contributed by atoms with Gasteiger partial charge in [0.05, 0.1) is 19.7 Å². The van der Waals surface area contributed by atoms with Crippen LogP contribution in [0.2, 0.25) is 0 Å². The molecule has 3 rings (SSSR count). The number of nitrogens with one attached hydrogen (secondary N) is 1. The number of rotatable bonds is 0. The average molecular weight is 203 g/mol. The number of likely N-dealkylation sites (tertiary alicyclic amines) is 1. The zero-order chi connectivity index (χ0) is 10.3. The van der Waals surface area contributed by atoms with Crippen molar-refractivity contribution < 1.29 is 9.64 Å². The highest BCUT2D eigenvalue weighted by Crippen LogP contribution is 2.41. The van der Waals surface area contributed by atoms with E-state index in [1.807, 2.05) is 0 Å². The van der Waals surface area contributed by atoms with Crippen molar-refractivity contribution in [1.82, 2.24) is 0 Å². The van der Waals surface area contributed by atoms with E-state index < -0.39 is 0 Å². The molecule has 1 N–H and O–H groups in total. The van der Waals surface area contributed by atoms with Crippen molar-refractivity contribution >= 4 is 0 Å². The summed E-state index contributed by atoms with van der Waals surface area (Å²) in [6, 6.07) is 8.64. The lowest BCUT2D eigenvalue weighted by atomic mass is 9.84. The average Bonchev–Trinajstić information content (AvgIpc) is 2.63. The van der Waals surface area contributed by atoms with E-state index in [-0.39, 0.29) is 5.60 Å². The maximum atomic E-state index is 6.06. The number of piperidine rings is 1. The molecular formula is C13H17NO. The minimum atomic E-state index is 0.0256. The monoisotopic (exact) mass is 203 g/mol. The molecule has 0 amide bonds. The van der Waals surface area contributed by atoms with E-state index in [4.69, 9.17) is 4.74 Å². The van der Waals surface area contributed by atoms with Crippen molar-refractivity contribution in [2.75, 3.05) is 13.1 Å². The van der Waals surface area contributed by atoms with Crippen LogP contribution >= 0.6 is 0 Å². The van der Waals surface area contributed by atoms with Gasteiger partial charge in [-0.3, -0.25) is 0 Å². The van der Waals surface area contributed by atoms with Gasteiger partial charge in [-0.25, -0.2) is 0 Å². The standard InChI is InChI=1S/C13H17NO/c1-14-8-6-13(7-9-14)12-5-3-2-4-11(12)10-15-13/h2-5,14H,1,6-10H2. The van der Waals surface area contributed by atoms with Crippen LogP contribution in [0, 0.1) is 7.05 Å². The summed E-state index contributed by atoms with van der Waals surface area (Å²) >= 11 is 0. The number of hydrogen-bond acceptors (Lipinski definition) is 1. The van der Waals surface area contributed by atoms with Gasteiger partial charge in [0.25, 0.3) is 0 Å². The van der Waals surface area contributed by atoms with E-state index >= 15 is 0 Å². The van der Waals surface area contributed by atoms with Crippen LogP contribution in [0.4, 0.5) is 0 Å². The fraction of sp³-hybridized carbons (Fsp3) is 0.462. The lowest BCUT2D eigenvalue weighted by Crippen LogP contribution is -3.08. The van der Waals surface area contributed by atoms with Crippen LogP contribution in [0.1, 0.15) is 24.0 Å². The second-order valence-corrected chi connectivity index (χ2v) is 4.69. The molecule has 0 bridgehead atoms. The Hall–Kier alpha value is -0.860. The molecule has 1 aromatic rings. The van der Waals surface area contributed by atoms with E-state index in [0.717, 1.165) is 32.5 Å². The SMILES string of the molecule is [CH2-][NH+]1CCC2(CC1)OCc1ccccc12. The van der Waals surface area contributed by atoms with E-state index in [1.54, 1.807) is 0 Å². The molecule has 2 aliphatic heterocycles. The molecule has 1 spiro atoms. The first-order chi connectivity index (χ1) is 7.30. The largest absolute Gasteiger partial charge is 0.468 e. The summed E-state index contributed by atoms with van der Waals surface area (Å²) in [4.78, 5) is 1.38. The number of fused-ring (bicyclic) bond motifs is 2. The van der Waals surface area contributed by atoms with Crippen molar-refractivity contribution in [3.63, 3.8) is 0 Å². The van der Waals surface area contributed by atoms with Crippen LogP contribution in [0.25, 0.3) is 0 Å². The fourth-order valence-corrected chi connectivity index (χ4v) is 2.81. The van der Waals surface area contributed by atoms with Gasteiger partial charge >= 0.3 is 0 Å². The highest BCUT2D eigenvalue weighted by molar-refractivity contribution is 5.35. The van der Waals surface area contributed by atoms with Gasteiger partial charge in [-0.15, -0.1) is 0 Å². The normalized spacial score (nSPS) is 34.3. The Bertz CT molecular complexity index is 367. The van der Waals surface area contributed by atoms with Crippen LogP contribution in [-0.2, 0) is 16.9 Å². The first-order valence-corrected chi connectivity index (χ1v) is 5.69. The van der Waals surface area contributed by atoms with Crippen molar-refractivity contribution in [3.8, 4) is 0 Å². The molecule has 1 aromatic carbocycles. The summed E-state index contributed by atoms with van der Waals surface area (Å²) < 4.78 is 6.06. The summed E-state index contributed by atoms with van der Waals surface area (Å²) in [6.07, 6.45) is 2.23. The maximum absolute atomic E-state index is 6.06. The van der Waals surface area contributed by atoms with Crippen molar-refractivity contribution in [3.05, 3.63) is 42.4 Å². The Morgan fingerprint density at radius 3 is 2.73 bits per heavy atom. The molecule has 0 aromatic heterocycles. The molecule has 0 unspecified atom stereocenters. The first-order valence-electron chi connectivity index (χ1n) is 5.69. The van der Waals surface area contributed by atoms with Crippen molar-refractivity contribution in [2.45, 2.75) is 25.0 Å². The molecule has 2 heteroatoms. The Morgan fingerprint density at radius 1 is 1.20 bits per heavy atom. The summed E-state index contributed by atoms with van der Waals surface area (Å²) in [5, 5.41) is 0. The third-order valence-electron chi connectivity index (χ3n) is 3.78. The second kappa shape index (κ2) is 3.32. The Morgan fingerprint density at radius 2 is 1.93 bits per heavy atom. The molecule has 0 aliphatic carbocycles. The highest BCUT2D eigenvalue weighted by Gasteiger charge is 2.42. The van der Waals surface area contributed by atoms with Crippen LogP contribution in [-0.4, -0.2) is 13.1 Å². The van der Waals surface area contributed by atoms with Gasteiger partial charge < -0.3 is 9.64 Å². The van der Waals surface area contributed by atoms with Gasteiger partial charge in [-0.1, -0.05) is 24.3 Å². The Labute approximate surface area is 90.8 Å². The maximum Gasteiger partial charge on any atom is 0.104 e. The number of benzene rings is 1. The Kier molecular flexibility index (Phi) is 2.08. The lowest BCUT2D eigenvalue weighted by Gasteiger charge is -2.38. The summed E-state index contributed by atoms with van der Waals surface area (Å²) in [5.74, 6) is 0. The fourth-order valence-electron chi connectivity index (χ4n) is 2.81. The molecule has 2 nitrogen and oxygen atoms in total. The second-order valence-electron chi connectivity index (χ2n) is 4.69. The van der Waals surface area contributed by atoms with Gasteiger partial charge in [0.2, 0.25) is 0 Å². The van der Waals surface area contributed by atoms with Crippen LogP contribution in [0.15, 0.2) is 24.3 Å². The van der Waals surface area contributed by atoms with Gasteiger partial charge in [-0.2, -0.15) is 7.05 Å². The van der Waals surface area contributed by atoms with Gasteiger partial charge in [-0.05, 0) is 11.1 Å². The van der Waals surface area contributed by atoms with Crippen LogP contribution in [0.3, 0.4) is 0 Å². The van der Waals surface area contributed by atoms with E-state index in [0.29, 0.717) is 0 Å². The van der Waals surface area contributed by atoms with Gasteiger partial charge in [0.1, 0.15) is 5.60 Å². The summed E-state index contributed by atoms with van der Waals surface area (Å²) in [5.41, 5.74) is 2.83. The summed E-state index contributed by atoms with van der Waals surface area (Å²) in [7, 11) is 4.07. The third kappa shape index (κ3) is 1.40. The lowest BCUT2D eigenvalue weighted by molar-refractivity contribution is -0.862. The van der Waals surface area contributed by atoms with Gasteiger partial charge in [0.15, 0.2) is 0 Å². The molecule has 0 radical (unpaired) electrons. The third-order valence-corrected chi connectivity index (χ3v) is 3.78. The van der Waals surface area contributed by atoms with Gasteiger partial charge in [0, 0.05) is 12.8 Å². The Balaban J connectivity index is 1.95. The number of quaternary nitrogens is 1. The highest BCUT2D eigenvalue weighted by atomic mass is 16.5. The molecule has 2 aliphatic rings. The van der Waals surface area contributed by atoms with E-state index in [2.05, 4.69) is 31.3 Å². The molecule has 80 valence electrons. The van der Waals surface area contributed by atoms with Crippen LogP contribution in [0.5, 0.6) is 0 Å². The summed E-state index contributed by atoms with van der Waals surface area (Å²) in [6.45, 7) is 3.03. The molecule has 0 atom stereocenters. The molecule has 1 saturated heterocycles. The smallest absolute Gasteiger partial charge is 0.104 e. The zero-order valence-corrected chi connectivity index (χ0v) is 8.96. The van der Waals surface area contributed by atoms with E-state index in [1.165, 1.54) is 16.0 Å². The minimum Gasteiger partial charge on any atom is -0.468 e. The molecule has 15 heavy (non-hydrogen) atoms. The predicted molar refractivity (Wildman–Crippen MR) is 58.2 cm³/mol. The number of hydrogen-bond donors (Lipinski definition) is 1. The predicted octanol–water partition coefficient (Wildman–Crippen LogP) is 0.882. The van der Waals surface area contributed by atoms with Crippen molar-refractivity contribution in [1.29, 1.82) is 0 Å². The molecular weight excluding hydrogens is 186 g/mol. The zero-order valence-electron chi connectivity index (χ0n) is 8.96. The van der Waals surface area contributed by atoms with Crippen LogP contribution < -0.4 is 4.90 Å². The molecule has 1 fully saturated rings. The quantitative estimate of drug-likeness (QED) is 0.618. The van der Waals surface area contributed by atoms with E-state index in [9.17, 15) is 0 Å².